The first-order chi connectivity index (χ1) is 23.0. The van der Waals surface area contributed by atoms with E-state index < -0.39 is 10.2 Å². The number of hydrogen-bond acceptors (Lipinski definition) is 12. The van der Waals surface area contributed by atoms with Gasteiger partial charge in [0.2, 0.25) is 0 Å². The Morgan fingerprint density at radius 2 is 0.860 bits per heavy atom. The van der Waals surface area contributed by atoms with Gasteiger partial charge >= 0.3 is 38.2 Å². The standard InChI is InChI=1S/C33H33N5O2.C2H6O.ClHO4.Dy.H2O/c39-32-16-3-1-10-26(32)20-37(22-28-12-5-7-18-34-28)24-30-14-9-15-31(36-30)25-38(23-29-13-6-8-19-35-29)21-27-11-2-4-17-33(27)40;1-2-3;2-1(3,4)5;;/h1-19,39-40H,20-25H2;3H,2H2,1H3;(H,2,3,4,5);;1H2/q;;;+3;/p-2. The number of halogens is 1. The molecule has 0 unspecified atom stereocenters. The van der Waals surface area contributed by atoms with E-state index in [2.05, 4.69) is 19.8 Å². The van der Waals surface area contributed by atoms with Gasteiger partial charge in [0, 0.05) is 58.3 Å². The molecule has 3 heterocycles. The molecule has 0 fully saturated rings. The summed E-state index contributed by atoms with van der Waals surface area (Å²) in [5.41, 5.74) is 5.15. The molecule has 1 radical (unpaired) electrons. The van der Waals surface area contributed by atoms with Crippen molar-refractivity contribution in [2.75, 3.05) is 6.61 Å². The molecule has 13 nitrogen and oxygen atoms in total. The van der Waals surface area contributed by atoms with Gasteiger partial charge in [-0.3, -0.25) is 24.8 Å². The number of para-hydroxylation sites is 2. The van der Waals surface area contributed by atoms with Crippen LogP contribution in [0.5, 0.6) is 11.5 Å². The summed E-state index contributed by atoms with van der Waals surface area (Å²) >= 11 is 0. The fourth-order valence-electron chi connectivity index (χ4n) is 4.69. The molecule has 50 heavy (non-hydrogen) atoms. The van der Waals surface area contributed by atoms with E-state index in [1.807, 2.05) is 78.9 Å². The Labute approximate surface area is 324 Å². The maximum Gasteiger partial charge on any atom is 3.00 e. The van der Waals surface area contributed by atoms with E-state index in [1.54, 1.807) is 43.6 Å². The fourth-order valence-corrected chi connectivity index (χ4v) is 4.69. The van der Waals surface area contributed by atoms with Crippen molar-refractivity contribution >= 4 is 0 Å². The molecule has 4 N–H and O–H groups in total. The Morgan fingerprint density at radius 1 is 0.540 bits per heavy atom. The maximum absolute atomic E-state index is 12.5. The van der Waals surface area contributed by atoms with Gasteiger partial charge in [-0.15, -0.1) is 21.7 Å². The van der Waals surface area contributed by atoms with Crippen molar-refractivity contribution in [2.45, 2.75) is 46.2 Å². The van der Waals surface area contributed by atoms with Crippen LogP contribution < -0.4 is 28.8 Å². The zero-order chi connectivity index (χ0) is 34.8. The number of aromatic nitrogens is 3. The van der Waals surface area contributed by atoms with Crippen LogP contribution in [0.15, 0.2) is 116 Å². The smallest absolute Gasteiger partial charge is 0.872 e. The predicted molar refractivity (Wildman–Crippen MR) is 168 cm³/mol. The van der Waals surface area contributed by atoms with E-state index in [0.29, 0.717) is 39.3 Å². The Balaban J connectivity index is 0.00000113. The van der Waals surface area contributed by atoms with Gasteiger partial charge in [-0.25, -0.2) is 18.6 Å². The molecule has 5 aromatic rings. The van der Waals surface area contributed by atoms with Crippen molar-refractivity contribution < 1.29 is 87.8 Å². The molecular formula is C35H40ClDyN5O8+. The van der Waals surface area contributed by atoms with Gasteiger partial charge in [0.05, 0.1) is 22.8 Å². The summed E-state index contributed by atoms with van der Waals surface area (Å²) in [6.45, 7) is 5.22. The predicted octanol–water partition coefficient (Wildman–Crippen LogP) is -1.26. The molecule has 0 saturated heterocycles. The van der Waals surface area contributed by atoms with Gasteiger partial charge in [-0.1, -0.05) is 66.7 Å². The van der Waals surface area contributed by atoms with E-state index in [-0.39, 0.29) is 61.8 Å². The zero-order valence-electron chi connectivity index (χ0n) is 27.3. The summed E-state index contributed by atoms with van der Waals surface area (Å²) in [6, 6.07) is 32.0. The molecule has 0 aliphatic heterocycles. The van der Waals surface area contributed by atoms with Crippen molar-refractivity contribution in [2.24, 2.45) is 0 Å². The topological polar surface area (TPSA) is 237 Å². The number of benzene rings is 2. The first-order valence-corrected chi connectivity index (χ1v) is 16.2. The van der Waals surface area contributed by atoms with Crippen LogP contribution in [0.25, 0.3) is 0 Å². The van der Waals surface area contributed by atoms with Crippen LogP contribution in [-0.4, -0.2) is 36.5 Å². The van der Waals surface area contributed by atoms with Crippen LogP contribution in [0.2, 0.25) is 0 Å². The Kier molecular flexibility index (Phi) is 21.5. The molecule has 269 valence electrons. The van der Waals surface area contributed by atoms with Crippen molar-refractivity contribution in [3.8, 4) is 11.5 Å². The number of pyridine rings is 3. The summed E-state index contributed by atoms with van der Waals surface area (Å²) in [5, 5.41) is 32.5. The number of aliphatic hydroxyl groups is 1. The summed E-state index contributed by atoms with van der Waals surface area (Å²) in [5.74, 6) is 0.0538. The van der Waals surface area contributed by atoms with Crippen molar-refractivity contribution in [1.82, 2.24) is 24.8 Å². The second-order valence-electron chi connectivity index (χ2n) is 10.5. The van der Waals surface area contributed by atoms with Gasteiger partial charge in [-0.05, 0) is 54.4 Å². The largest absolute Gasteiger partial charge is 3.00 e. The number of aliphatic hydroxyl groups excluding tert-OH is 1. The molecule has 15 heteroatoms. The fraction of sp³-hybridized carbons (Fsp3) is 0.229. The molecule has 0 saturated carbocycles. The van der Waals surface area contributed by atoms with Crippen LogP contribution in [0.1, 0.15) is 40.8 Å². The molecule has 0 amide bonds. The summed E-state index contributed by atoms with van der Waals surface area (Å²) in [6.07, 6.45) is 3.56. The normalized spacial score (nSPS) is 10.6. The first-order valence-electron chi connectivity index (χ1n) is 15.0. The molecule has 0 aliphatic rings. The van der Waals surface area contributed by atoms with Crippen molar-refractivity contribution in [3.05, 3.63) is 149 Å². The second kappa shape index (κ2) is 24.0. The van der Waals surface area contributed by atoms with Gasteiger partial charge in [0.15, 0.2) is 0 Å². The minimum absolute atomic E-state index is 0. The van der Waals surface area contributed by atoms with Crippen molar-refractivity contribution in [3.63, 3.8) is 0 Å². The number of rotatable bonds is 12. The Bertz CT molecular complexity index is 1520. The van der Waals surface area contributed by atoms with Crippen molar-refractivity contribution in [1.29, 1.82) is 0 Å². The number of hydrogen-bond donors (Lipinski definition) is 1. The quantitative estimate of drug-likeness (QED) is 0.145. The monoisotopic (exact) mass is 857 g/mol. The van der Waals surface area contributed by atoms with E-state index in [1.165, 1.54) is 0 Å². The number of nitrogens with zero attached hydrogens (tertiary/aromatic N) is 5. The SMILES string of the molecule is CCO.[Dy+3].[O-][Cl+3]([O-])([O-])[O-].[O-]c1ccccc1CN(Cc1ccccn1)Cc1cccc(CN(Cc2ccccn2)Cc2ccccc2[O-])n1.[OH3+]. The molecule has 0 atom stereocenters. The zero-order valence-corrected chi connectivity index (χ0v) is 30.1. The first kappa shape index (κ1) is 44.8. The van der Waals surface area contributed by atoms with E-state index in [0.717, 1.165) is 33.9 Å². The van der Waals surface area contributed by atoms with Crippen LogP contribution in [0, 0.1) is 48.4 Å². The van der Waals surface area contributed by atoms with E-state index in [4.69, 9.17) is 28.7 Å². The summed E-state index contributed by atoms with van der Waals surface area (Å²) in [7, 11) is -4.94. The summed E-state index contributed by atoms with van der Waals surface area (Å²) in [4.78, 5) is 18.3. The van der Waals surface area contributed by atoms with Crippen LogP contribution in [-0.2, 0) is 44.7 Å². The third-order valence-electron chi connectivity index (χ3n) is 6.59. The van der Waals surface area contributed by atoms with Gasteiger partial charge in [0.25, 0.3) is 0 Å². The average molecular weight is 857 g/mol. The third kappa shape index (κ3) is 18.1. The molecule has 5 rings (SSSR count). The average Bonchev–Trinajstić information content (AvgIpc) is 3.04. The second-order valence-corrected chi connectivity index (χ2v) is 11.2. The van der Waals surface area contributed by atoms with Gasteiger partial charge in [-0.2, -0.15) is 0 Å². The maximum atomic E-state index is 12.5. The molecule has 0 bridgehead atoms. The van der Waals surface area contributed by atoms with Crippen LogP contribution in [0.3, 0.4) is 0 Å². The molecule has 0 spiro atoms. The van der Waals surface area contributed by atoms with E-state index in [9.17, 15) is 10.2 Å². The van der Waals surface area contributed by atoms with Crippen LogP contribution in [0.4, 0.5) is 0 Å². The Hall–Kier alpha value is -3.27. The third-order valence-corrected chi connectivity index (χ3v) is 6.59. The van der Waals surface area contributed by atoms with Gasteiger partial charge in [0.1, 0.15) is 0 Å². The van der Waals surface area contributed by atoms with Crippen LogP contribution >= 0.6 is 0 Å². The molecule has 0 aliphatic carbocycles. The van der Waals surface area contributed by atoms with Gasteiger partial charge < -0.3 is 20.8 Å². The Morgan fingerprint density at radius 3 is 1.20 bits per heavy atom. The minimum atomic E-state index is -4.94. The minimum Gasteiger partial charge on any atom is -0.872 e. The summed E-state index contributed by atoms with van der Waals surface area (Å²) < 4.78 is 34.0. The molecular weight excluding hydrogens is 816 g/mol. The molecule has 2 aromatic carbocycles. The molecule has 3 aromatic heterocycles. The van der Waals surface area contributed by atoms with E-state index >= 15 is 0 Å².